The van der Waals surface area contributed by atoms with E-state index in [1.54, 1.807) is 13.8 Å². The van der Waals surface area contributed by atoms with E-state index in [1.807, 2.05) is 25.7 Å². The van der Waals surface area contributed by atoms with Crippen LogP contribution >= 0.6 is 0 Å². The fraction of sp³-hybridized carbons (Fsp3) is 0.733. The Morgan fingerprint density at radius 1 is 1.50 bits per heavy atom. The summed E-state index contributed by atoms with van der Waals surface area (Å²) in [4.78, 5) is 14.6. The van der Waals surface area contributed by atoms with E-state index < -0.39 is 5.60 Å². The molecule has 2 atom stereocenters. The van der Waals surface area contributed by atoms with Gasteiger partial charge in [-0.25, -0.2) is 0 Å². The zero-order valence-corrected chi connectivity index (χ0v) is 12.9. The highest BCUT2D eigenvalue weighted by Crippen LogP contribution is 2.32. The van der Waals surface area contributed by atoms with Crippen molar-refractivity contribution in [3.05, 3.63) is 17.0 Å². The Bertz CT molecular complexity index is 482. The van der Waals surface area contributed by atoms with E-state index in [9.17, 15) is 9.90 Å². The Balaban J connectivity index is 2.23. The van der Waals surface area contributed by atoms with Gasteiger partial charge in [0, 0.05) is 12.1 Å². The summed E-state index contributed by atoms with van der Waals surface area (Å²) in [6.07, 6.45) is 1.79. The third-order valence-corrected chi connectivity index (χ3v) is 4.24. The molecule has 20 heavy (non-hydrogen) atoms. The number of aliphatic hydroxyl groups is 1. The standard InChI is InChI=1S/C15H24N2O3/c1-9(13-10(2)16-20-11(13)3)14(18)17-8-6-7-12(17)15(4,5)19/h9,12,19H,6-8H2,1-5H3. The van der Waals surface area contributed by atoms with Crippen molar-refractivity contribution in [2.75, 3.05) is 6.54 Å². The highest BCUT2D eigenvalue weighted by atomic mass is 16.5. The van der Waals surface area contributed by atoms with Gasteiger partial charge in [-0.05, 0) is 47.5 Å². The molecule has 2 rings (SSSR count). The van der Waals surface area contributed by atoms with Gasteiger partial charge in [0.05, 0.1) is 23.3 Å². The molecule has 112 valence electrons. The van der Waals surface area contributed by atoms with Crippen LogP contribution in [-0.2, 0) is 4.79 Å². The SMILES string of the molecule is Cc1noc(C)c1C(C)C(=O)N1CCCC1C(C)(C)O. The predicted octanol–water partition coefficient (Wildman–Crippen LogP) is 2.16. The lowest BCUT2D eigenvalue weighted by atomic mass is 9.93. The third kappa shape index (κ3) is 2.59. The smallest absolute Gasteiger partial charge is 0.230 e. The van der Waals surface area contributed by atoms with Crippen LogP contribution in [-0.4, -0.2) is 39.3 Å². The van der Waals surface area contributed by atoms with Crippen LogP contribution in [0.1, 0.15) is 56.5 Å². The molecule has 1 saturated heterocycles. The van der Waals surface area contributed by atoms with Gasteiger partial charge in [-0.1, -0.05) is 5.16 Å². The quantitative estimate of drug-likeness (QED) is 0.921. The normalized spacial score (nSPS) is 21.3. The molecule has 1 amide bonds. The van der Waals surface area contributed by atoms with Gasteiger partial charge in [0.2, 0.25) is 5.91 Å². The molecule has 5 nitrogen and oxygen atoms in total. The van der Waals surface area contributed by atoms with Gasteiger partial charge in [-0.2, -0.15) is 0 Å². The van der Waals surface area contributed by atoms with Gasteiger partial charge in [0.25, 0.3) is 0 Å². The second-order valence-electron chi connectivity index (χ2n) is 6.30. The van der Waals surface area contributed by atoms with Crippen molar-refractivity contribution < 1.29 is 14.4 Å². The molecule has 0 saturated carbocycles. The van der Waals surface area contributed by atoms with Crippen LogP contribution in [0.2, 0.25) is 0 Å². The average Bonchev–Trinajstić information content (AvgIpc) is 2.94. The molecular weight excluding hydrogens is 256 g/mol. The van der Waals surface area contributed by atoms with E-state index in [4.69, 9.17) is 4.52 Å². The zero-order valence-electron chi connectivity index (χ0n) is 12.9. The fourth-order valence-corrected chi connectivity index (χ4v) is 3.25. The average molecular weight is 280 g/mol. The lowest BCUT2D eigenvalue weighted by Crippen LogP contribution is -2.49. The Labute approximate surface area is 119 Å². The number of likely N-dealkylation sites (tertiary alicyclic amines) is 1. The first-order valence-corrected chi connectivity index (χ1v) is 7.19. The van der Waals surface area contributed by atoms with Crippen molar-refractivity contribution in [3.63, 3.8) is 0 Å². The van der Waals surface area contributed by atoms with Gasteiger partial charge >= 0.3 is 0 Å². The fourth-order valence-electron chi connectivity index (χ4n) is 3.25. The molecule has 1 N–H and O–H groups in total. The zero-order chi connectivity index (χ0) is 15.1. The molecular formula is C15H24N2O3. The minimum absolute atomic E-state index is 0.0454. The van der Waals surface area contributed by atoms with Crippen LogP contribution in [0.3, 0.4) is 0 Å². The van der Waals surface area contributed by atoms with E-state index in [1.165, 1.54) is 0 Å². The van der Waals surface area contributed by atoms with Crippen molar-refractivity contribution in [2.45, 2.75) is 65.0 Å². The highest BCUT2D eigenvalue weighted by molar-refractivity contribution is 5.84. The highest BCUT2D eigenvalue weighted by Gasteiger charge is 2.40. The van der Waals surface area contributed by atoms with E-state index in [-0.39, 0.29) is 17.9 Å². The summed E-state index contributed by atoms with van der Waals surface area (Å²) in [7, 11) is 0. The summed E-state index contributed by atoms with van der Waals surface area (Å²) in [5, 5.41) is 14.2. The minimum Gasteiger partial charge on any atom is -0.388 e. The Kier molecular flexibility index (Phi) is 3.91. The first kappa shape index (κ1) is 15.0. The van der Waals surface area contributed by atoms with Crippen LogP contribution in [0.5, 0.6) is 0 Å². The van der Waals surface area contributed by atoms with Crippen molar-refractivity contribution >= 4 is 5.91 Å². The molecule has 2 heterocycles. The molecule has 1 aliphatic rings. The Morgan fingerprint density at radius 2 is 2.15 bits per heavy atom. The maximum absolute atomic E-state index is 12.8. The largest absolute Gasteiger partial charge is 0.388 e. The monoisotopic (exact) mass is 280 g/mol. The van der Waals surface area contributed by atoms with E-state index in [0.717, 1.165) is 24.1 Å². The molecule has 0 aromatic carbocycles. The Morgan fingerprint density at radius 3 is 2.65 bits per heavy atom. The number of amides is 1. The summed E-state index contributed by atoms with van der Waals surface area (Å²) < 4.78 is 5.15. The molecule has 1 aromatic heterocycles. The minimum atomic E-state index is -0.870. The first-order valence-electron chi connectivity index (χ1n) is 7.19. The maximum Gasteiger partial charge on any atom is 0.230 e. The van der Waals surface area contributed by atoms with Crippen LogP contribution in [0.4, 0.5) is 0 Å². The van der Waals surface area contributed by atoms with Gasteiger partial charge in [0.1, 0.15) is 5.76 Å². The molecule has 0 spiro atoms. The predicted molar refractivity (Wildman–Crippen MR) is 75.4 cm³/mol. The molecule has 1 fully saturated rings. The van der Waals surface area contributed by atoms with Gasteiger partial charge in [-0.15, -0.1) is 0 Å². The lowest BCUT2D eigenvalue weighted by molar-refractivity contribution is -0.137. The molecule has 0 aliphatic carbocycles. The number of carbonyl (C=O) groups is 1. The molecule has 5 heteroatoms. The van der Waals surface area contributed by atoms with Gasteiger partial charge < -0.3 is 14.5 Å². The summed E-state index contributed by atoms with van der Waals surface area (Å²) in [6.45, 7) is 9.81. The van der Waals surface area contributed by atoms with Gasteiger partial charge in [0.15, 0.2) is 0 Å². The summed E-state index contributed by atoms with van der Waals surface area (Å²) in [5.41, 5.74) is 0.767. The summed E-state index contributed by atoms with van der Waals surface area (Å²) >= 11 is 0. The van der Waals surface area contributed by atoms with Crippen LogP contribution < -0.4 is 0 Å². The topological polar surface area (TPSA) is 66.6 Å². The Hall–Kier alpha value is -1.36. The molecule has 1 aliphatic heterocycles. The second kappa shape index (κ2) is 5.20. The number of aromatic nitrogens is 1. The van der Waals surface area contributed by atoms with E-state index in [2.05, 4.69) is 5.16 Å². The number of nitrogens with zero attached hydrogens (tertiary/aromatic N) is 2. The third-order valence-electron chi connectivity index (χ3n) is 4.24. The number of rotatable bonds is 3. The lowest BCUT2D eigenvalue weighted by Gasteiger charge is -2.35. The van der Waals surface area contributed by atoms with Crippen molar-refractivity contribution in [1.82, 2.24) is 10.1 Å². The number of aryl methyl sites for hydroxylation is 2. The van der Waals surface area contributed by atoms with Crippen LogP contribution in [0, 0.1) is 13.8 Å². The maximum atomic E-state index is 12.8. The van der Waals surface area contributed by atoms with Crippen LogP contribution in [0.25, 0.3) is 0 Å². The first-order chi connectivity index (χ1) is 9.23. The summed E-state index contributed by atoms with van der Waals surface area (Å²) in [6, 6.07) is -0.113. The van der Waals surface area contributed by atoms with Crippen LogP contribution in [0.15, 0.2) is 4.52 Å². The number of hydrogen-bond donors (Lipinski definition) is 1. The van der Waals surface area contributed by atoms with E-state index in [0.29, 0.717) is 12.3 Å². The molecule has 2 unspecified atom stereocenters. The molecule has 0 radical (unpaired) electrons. The second-order valence-corrected chi connectivity index (χ2v) is 6.30. The van der Waals surface area contributed by atoms with Crippen molar-refractivity contribution in [3.8, 4) is 0 Å². The number of hydrogen-bond acceptors (Lipinski definition) is 4. The summed E-state index contributed by atoms with van der Waals surface area (Å²) in [5.74, 6) is 0.454. The van der Waals surface area contributed by atoms with Gasteiger partial charge in [-0.3, -0.25) is 4.79 Å². The number of carbonyl (C=O) groups excluding carboxylic acids is 1. The van der Waals surface area contributed by atoms with E-state index >= 15 is 0 Å². The molecule has 1 aromatic rings. The van der Waals surface area contributed by atoms with Crippen molar-refractivity contribution in [2.24, 2.45) is 0 Å². The molecule has 0 bridgehead atoms. The van der Waals surface area contributed by atoms with Crippen molar-refractivity contribution in [1.29, 1.82) is 0 Å².